The molecule has 0 spiro atoms. The molecule has 4 fully saturated rings. The molecule has 4 saturated carbocycles. The summed E-state index contributed by atoms with van der Waals surface area (Å²) in [7, 11) is 0. The van der Waals surface area contributed by atoms with Crippen LogP contribution in [0.15, 0.2) is 0 Å². The van der Waals surface area contributed by atoms with Gasteiger partial charge in [0.25, 0.3) is 0 Å². The van der Waals surface area contributed by atoms with Crippen molar-refractivity contribution in [2.24, 2.45) is 17.8 Å². The van der Waals surface area contributed by atoms with Gasteiger partial charge in [0.05, 0.1) is 12.6 Å². The maximum atomic E-state index is 12.1. The lowest BCUT2D eigenvalue weighted by molar-refractivity contribution is -0.0137. The van der Waals surface area contributed by atoms with E-state index in [1.807, 2.05) is 6.92 Å². The number of carbonyl (C=O) groups is 1. The average Bonchev–Trinajstić information content (AvgIpc) is 2.33. The number of urea groups is 1. The summed E-state index contributed by atoms with van der Waals surface area (Å²) in [6, 6.07) is -0.197. The van der Waals surface area contributed by atoms with Crippen LogP contribution >= 0.6 is 0 Å². The van der Waals surface area contributed by atoms with Gasteiger partial charge in [0, 0.05) is 5.54 Å². The Kier molecular flexibility index (Phi) is 3.46. The molecule has 4 rings (SSSR count). The quantitative estimate of drug-likeness (QED) is 0.729. The Morgan fingerprint density at radius 2 is 1.74 bits per heavy atom. The van der Waals surface area contributed by atoms with Crippen molar-refractivity contribution < 1.29 is 9.90 Å². The van der Waals surface area contributed by atoms with E-state index in [-0.39, 0.29) is 24.2 Å². The van der Waals surface area contributed by atoms with E-state index in [4.69, 9.17) is 5.11 Å². The summed E-state index contributed by atoms with van der Waals surface area (Å²) < 4.78 is 0. The Balaban J connectivity index is 1.61. The topological polar surface area (TPSA) is 61.4 Å². The zero-order valence-electron chi connectivity index (χ0n) is 11.8. The first-order chi connectivity index (χ1) is 9.12. The number of hydrogen-bond donors (Lipinski definition) is 3. The van der Waals surface area contributed by atoms with Crippen LogP contribution in [0, 0.1) is 17.8 Å². The van der Waals surface area contributed by atoms with Gasteiger partial charge >= 0.3 is 6.03 Å². The van der Waals surface area contributed by atoms with Crippen molar-refractivity contribution in [2.75, 3.05) is 6.61 Å². The first kappa shape index (κ1) is 13.2. The van der Waals surface area contributed by atoms with Crippen molar-refractivity contribution in [3.63, 3.8) is 0 Å². The largest absolute Gasteiger partial charge is 0.394 e. The fourth-order valence-corrected chi connectivity index (χ4v) is 5.00. The number of aliphatic hydroxyl groups excluding tert-OH is 1. The van der Waals surface area contributed by atoms with Crippen LogP contribution in [0.25, 0.3) is 0 Å². The van der Waals surface area contributed by atoms with E-state index in [0.29, 0.717) is 0 Å². The van der Waals surface area contributed by atoms with Crippen molar-refractivity contribution in [1.82, 2.24) is 10.6 Å². The van der Waals surface area contributed by atoms with Gasteiger partial charge in [-0.25, -0.2) is 4.79 Å². The molecule has 0 unspecified atom stereocenters. The van der Waals surface area contributed by atoms with Crippen molar-refractivity contribution in [2.45, 2.75) is 63.5 Å². The Morgan fingerprint density at radius 1 is 1.21 bits per heavy atom. The minimum atomic E-state index is -0.117. The van der Waals surface area contributed by atoms with E-state index in [0.717, 1.165) is 24.2 Å². The highest BCUT2D eigenvalue weighted by Gasteiger charge is 2.51. The SMILES string of the molecule is CC[C@@H](CO)NC(=O)NC12CC3CC(CC(C3)C1)C2. The molecule has 2 amide bonds. The molecular weight excluding hydrogens is 240 g/mol. The zero-order chi connectivity index (χ0) is 13.5. The van der Waals surface area contributed by atoms with Crippen molar-refractivity contribution in [3.05, 3.63) is 0 Å². The van der Waals surface area contributed by atoms with Gasteiger partial charge in [-0.2, -0.15) is 0 Å². The molecular formula is C15H26N2O2. The molecule has 0 heterocycles. The van der Waals surface area contributed by atoms with Gasteiger partial charge in [-0.15, -0.1) is 0 Å². The molecule has 0 aliphatic heterocycles. The van der Waals surface area contributed by atoms with E-state index in [1.54, 1.807) is 0 Å². The third-order valence-electron chi connectivity index (χ3n) is 5.47. The highest BCUT2D eigenvalue weighted by molar-refractivity contribution is 5.75. The first-order valence-electron chi connectivity index (χ1n) is 7.82. The number of hydrogen-bond acceptors (Lipinski definition) is 2. The molecule has 0 aromatic rings. The molecule has 4 aliphatic rings. The molecule has 0 radical (unpaired) electrons. The molecule has 0 aromatic heterocycles. The van der Waals surface area contributed by atoms with Crippen molar-refractivity contribution in [3.8, 4) is 0 Å². The van der Waals surface area contributed by atoms with E-state index < -0.39 is 0 Å². The highest BCUT2D eigenvalue weighted by Crippen LogP contribution is 2.55. The fourth-order valence-electron chi connectivity index (χ4n) is 5.00. The monoisotopic (exact) mass is 266 g/mol. The van der Waals surface area contributed by atoms with Crippen LogP contribution in [-0.4, -0.2) is 29.3 Å². The van der Waals surface area contributed by atoms with Gasteiger partial charge in [0.2, 0.25) is 0 Å². The number of aliphatic hydroxyl groups is 1. The molecule has 4 bridgehead atoms. The van der Waals surface area contributed by atoms with Crippen LogP contribution in [0.4, 0.5) is 4.79 Å². The Hall–Kier alpha value is -0.770. The van der Waals surface area contributed by atoms with Crippen LogP contribution in [0.2, 0.25) is 0 Å². The van der Waals surface area contributed by atoms with E-state index in [2.05, 4.69) is 10.6 Å². The third kappa shape index (κ3) is 2.60. The van der Waals surface area contributed by atoms with E-state index in [1.165, 1.54) is 38.5 Å². The summed E-state index contributed by atoms with van der Waals surface area (Å²) in [4.78, 5) is 12.1. The third-order valence-corrected chi connectivity index (χ3v) is 5.47. The zero-order valence-corrected chi connectivity index (χ0v) is 11.8. The minimum Gasteiger partial charge on any atom is -0.394 e. The molecule has 108 valence electrons. The summed E-state index contributed by atoms with van der Waals surface area (Å²) in [5, 5.41) is 15.3. The van der Waals surface area contributed by atoms with Crippen LogP contribution in [0.1, 0.15) is 51.9 Å². The first-order valence-corrected chi connectivity index (χ1v) is 7.82. The summed E-state index contributed by atoms with van der Waals surface area (Å²) in [6.45, 7) is 2.00. The summed E-state index contributed by atoms with van der Waals surface area (Å²) in [6.07, 6.45) is 8.43. The number of rotatable bonds is 4. The second-order valence-corrected chi connectivity index (χ2v) is 7.08. The molecule has 4 nitrogen and oxygen atoms in total. The summed E-state index contributed by atoms with van der Waals surface area (Å²) in [5.41, 5.74) is 0.0621. The maximum Gasteiger partial charge on any atom is 0.315 e. The van der Waals surface area contributed by atoms with Gasteiger partial charge in [-0.05, 0) is 62.7 Å². The molecule has 4 heteroatoms. The normalized spacial score (nSPS) is 41.1. The predicted molar refractivity (Wildman–Crippen MR) is 73.7 cm³/mol. The minimum absolute atomic E-state index is 0.0186. The molecule has 0 saturated heterocycles. The molecule has 4 aliphatic carbocycles. The van der Waals surface area contributed by atoms with Gasteiger partial charge in [-0.1, -0.05) is 6.92 Å². The van der Waals surface area contributed by atoms with Gasteiger partial charge in [-0.3, -0.25) is 0 Å². The van der Waals surface area contributed by atoms with Crippen molar-refractivity contribution >= 4 is 6.03 Å². The van der Waals surface area contributed by atoms with Crippen LogP contribution in [-0.2, 0) is 0 Å². The van der Waals surface area contributed by atoms with Crippen LogP contribution in [0.5, 0.6) is 0 Å². The van der Waals surface area contributed by atoms with E-state index >= 15 is 0 Å². The number of amides is 2. The Labute approximate surface area is 115 Å². The predicted octanol–water partition coefficient (Wildman–Crippen LogP) is 2.03. The van der Waals surface area contributed by atoms with Crippen LogP contribution < -0.4 is 10.6 Å². The summed E-state index contributed by atoms with van der Waals surface area (Å²) in [5.74, 6) is 2.52. The molecule has 19 heavy (non-hydrogen) atoms. The second-order valence-electron chi connectivity index (χ2n) is 7.08. The smallest absolute Gasteiger partial charge is 0.315 e. The fraction of sp³-hybridized carbons (Fsp3) is 0.933. The van der Waals surface area contributed by atoms with Gasteiger partial charge in [0.1, 0.15) is 0 Å². The standard InChI is InChI=1S/C15H26N2O2/c1-2-13(9-18)16-14(19)17-15-6-10-3-11(7-15)5-12(4-10)8-15/h10-13,18H,2-9H2,1H3,(H2,16,17,19)/t10?,11?,12?,13-,15?/m0/s1. The highest BCUT2D eigenvalue weighted by atomic mass is 16.3. The lowest BCUT2D eigenvalue weighted by Crippen LogP contribution is -2.62. The lowest BCUT2D eigenvalue weighted by atomic mass is 9.53. The number of carbonyl (C=O) groups excluding carboxylic acids is 1. The molecule has 0 aromatic carbocycles. The van der Waals surface area contributed by atoms with Crippen LogP contribution in [0.3, 0.4) is 0 Å². The maximum absolute atomic E-state index is 12.1. The lowest BCUT2D eigenvalue weighted by Gasteiger charge is -2.56. The summed E-state index contributed by atoms with van der Waals surface area (Å²) >= 11 is 0. The second kappa shape index (κ2) is 4.97. The van der Waals surface area contributed by atoms with Gasteiger partial charge in [0.15, 0.2) is 0 Å². The average molecular weight is 266 g/mol. The molecule has 1 atom stereocenters. The van der Waals surface area contributed by atoms with E-state index in [9.17, 15) is 4.79 Å². The van der Waals surface area contributed by atoms with Gasteiger partial charge < -0.3 is 15.7 Å². The molecule has 3 N–H and O–H groups in total. The number of nitrogens with one attached hydrogen (secondary N) is 2. The Bertz CT molecular complexity index is 317. The Morgan fingerprint density at radius 3 is 2.16 bits per heavy atom. The van der Waals surface area contributed by atoms with Crippen molar-refractivity contribution in [1.29, 1.82) is 0 Å².